The number of nitro groups is 1. The van der Waals surface area contributed by atoms with E-state index in [2.05, 4.69) is 17.1 Å². The van der Waals surface area contributed by atoms with Gasteiger partial charge >= 0.3 is 0 Å². The monoisotopic (exact) mass is 277 g/mol. The van der Waals surface area contributed by atoms with Gasteiger partial charge in [0.25, 0.3) is 5.69 Å². The summed E-state index contributed by atoms with van der Waals surface area (Å²) in [5, 5.41) is 14.5. The average molecular weight is 277 g/mol. The lowest BCUT2D eigenvalue weighted by molar-refractivity contribution is -0.385. The first-order valence-electron chi connectivity index (χ1n) is 7.33. The zero-order valence-electron chi connectivity index (χ0n) is 12.3. The number of piperazine rings is 1. The Balaban J connectivity index is 2.28. The molecule has 1 atom stereocenters. The van der Waals surface area contributed by atoms with Crippen LogP contribution in [0.25, 0.3) is 0 Å². The molecule has 0 unspecified atom stereocenters. The summed E-state index contributed by atoms with van der Waals surface area (Å²) < 4.78 is 0. The number of nitrogens with one attached hydrogen (secondary N) is 1. The fourth-order valence-corrected chi connectivity index (χ4v) is 2.86. The molecule has 0 radical (unpaired) electrons. The minimum Gasteiger partial charge on any atom is -0.314 e. The number of nitro benzene ring substituents is 1. The Labute approximate surface area is 120 Å². The maximum absolute atomic E-state index is 11.1. The predicted molar refractivity (Wildman–Crippen MR) is 79.9 cm³/mol. The standard InChI is InChI=1S/C15H23N3O2/c1-3-4-14(17-9-7-16-8-10-17)13-6-5-12(2)15(11-13)18(19)20/h5-6,11,14,16H,3-4,7-10H2,1-2H3/t14-/m0/s1. The quantitative estimate of drug-likeness (QED) is 0.664. The van der Waals surface area contributed by atoms with Gasteiger partial charge in [-0.3, -0.25) is 15.0 Å². The van der Waals surface area contributed by atoms with Gasteiger partial charge in [-0.15, -0.1) is 0 Å². The van der Waals surface area contributed by atoms with Gasteiger partial charge in [0.15, 0.2) is 0 Å². The van der Waals surface area contributed by atoms with E-state index in [1.54, 1.807) is 13.0 Å². The van der Waals surface area contributed by atoms with Crippen molar-refractivity contribution in [1.82, 2.24) is 10.2 Å². The summed E-state index contributed by atoms with van der Waals surface area (Å²) in [6.07, 6.45) is 2.12. The predicted octanol–water partition coefficient (Wildman–Crippen LogP) is 2.65. The van der Waals surface area contributed by atoms with Crippen molar-refractivity contribution in [3.8, 4) is 0 Å². The third kappa shape index (κ3) is 3.35. The zero-order chi connectivity index (χ0) is 14.5. The van der Waals surface area contributed by atoms with Gasteiger partial charge in [-0.1, -0.05) is 25.5 Å². The molecule has 1 N–H and O–H groups in total. The van der Waals surface area contributed by atoms with E-state index >= 15 is 0 Å². The van der Waals surface area contributed by atoms with Crippen molar-refractivity contribution < 1.29 is 4.92 Å². The van der Waals surface area contributed by atoms with E-state index in [0.29, 0.717) is 6.04 Å². The van der Waals surface area contributed by atoms with E-state index in [1.807, 2.05) is 12.1 Å². The van der Waals surface area contributed by atoms with E-state index in [4.69, 9.17) is 0 Å². The van der Waals surface area contributed by atoms with Crippen molar-refractivity contribution in [2.24, 2.45) is 0 Å². The Morgan fingerprint density at radius 3 is 2.70 bits per heavy atom. The van der Waals surface area contributed by atoms with Crippen LogP contribution in [0, 0.1) is 17.0 Å². The largest absolute Gasteiger partial charge is 0.314 e. The minimum absolute atomic E-state index is 0.235. The molecule has 2 rings (SSSR count). The molecule has 0 bridgehead atoms. The lowest BCUT2D eigenvalue weighted by atomic mass is 9.98. The Kier molecular flexibility index (Phi) is 5.09. The number of aryl methyl sites for hydroxylation is 1. The first-order valence-corrected chi connectivity index (χ1v) is 7.33. The third-order valence-electron chi connectivity index (χ3n) is 3.97. The molecule has 0 aliphatic carbocycles. The van der Waals surface area contributed by atoms with E-state index < -0.39 is 0 Å². The smallest absolute Gasteiger partial charge is 0.272 e. The molecule has 1 heterocycles. The molecule has 0 saturated carbocycles. The number of rotatable bonds is 5. The van der Waals surface area contributed by atoms with Gasteiger partial charge in [0.1, 0.15) is 0 Å². The summed E-state index contributed by atoms with van der Waals surface area (Å²) in [5.41, 5.74) is 2.04. The number of nitrogens with zero attached hydrogens (tertiary/aromatic N) is 2. The van der Waals surface area contributed by atoms with Gasteiger partial charge in [-0.25, -0.2) is 0 Å². The molecule has 5 heteroatoms. The van der Waals surface area contributed by atoms with E-state index in [1.165, 1.54) is 0 Å². The van der Waals surface area contributed by atoms with Crippen LogP contribution in [0.1, 0.15) is 36.9 Å². The molecule has 20 heavy (non-hydrogen) atoms. The molecule has 0 aromatic heterocycles. The summed E-state index contributed by atoms with van der Waals surface area (Å²) >= 11 is 0. The Morgan fingerprint density at radius 2 is 2.10 bits per heavy atom. The van der Waals surface area contributed by atoms with E-state index in [0.717, 1.165) is 50.1 Å². The first kappa shape index (κ1) is 14.9. The Hall–Kier alpha value is -1.46. The highest BCUT2D eigenvalue weighted by molar-refractivity contribution is 5.43. The van der Waals surface area contributed by atoms with Gasteiger partial charge < -0.3 is 5.32 Å². The molecule has 1 aromatic carbocycles. The van der Waals surface area contributed by atoms with Crippen LogP contribution in [0.5, 0.6) is 0 Å². The molecule has 1 saturated heterocycles. The fourth-order valence-electron chi connectivity index (χ4n) is 2.86. The molecule has 0 spiro atoms. The lowest BCUT2D eigenvalue weighted by Crippen LogP contribution is -2.45. The third-order valence-corrected chi connectivity index (χ3v) is 3.97. The summed E-state index contributed by atoms with van der Waals surface area (Å²) in [6, 6.07) is 5.97. The van der Waals surface area contributed by atoms with Crippen molar-refractivity contribution in [3.05, 3.63) is 39.4 Å². The molecule has 5 nitrogen and oxygen atoms in total. The summed E-state index contributed by atoms with van der Waals surface area (Å²) in [4.78, 5) is 13.3. The molecule has 110 valence electrons. The number of benzene rings is 1. The van der Waals surface area contributed by atoms with Crippen molar-refractivity contribution in [2.75, 3.05) is 26.2 Å². The Morgan fingerprint density at radius 1 is 1.40 bits per heavy atom. The van der Waals surface area contributed by atoms with E-state index in [-0.39, 0.29) is 10.6 Å². The van der Waals surface area contributed by atoms with Crippen LogP contribution < -0.4 is 5.32 Å². The van der Waals surface area contributed by atoms with Crippen molar-refractivity contribution in [2.45, 2.75) is 32.7 Å². The van der Waals surface area contributed by atoms with Gasteiger partial charge in [-0.2, -0.15) is 0 Å². The molecule has 1 aliphatic heterocycles. The molecule has 0 amide bonds. The van der Waals surface area contributed by atoms with Crippen molar-refractivity contribution >= 4 is 5.69 Å². The van der Waals surface area contributed by atoms with Gasteiger partial charge in [0, 0.05) is 43.9 Å². The molecular weight excluding hydrogens is 254 g/mol. The van der Waals surface area contributed by atoms with Crippen LogP contribution in [0.4, 0.5) is 5.69 Å². The van der Waals surface area contributed by atoms with Gasteiger partial charge in [0.2, 0.25) is 0 Å². The second-order valence-corrected chi connectivity index (χ2v) is 5.39. The second kappa shape index (κ2) is 6.81. The highest BCUT2D eigenvalue weighted by Crippen LogP contribution is 2.30. The highest BCUT2D eigenvalue weighted by atomic mass is 16.6. The van der Waals surface area contributed by atoms with Crippen LogP contribution in [0.15, 0.2) is 18.2 Å². The van der Waals surface area contributed by atoms with Crippen LogP contribution in [-0.2, 0) is 0 Å². The summed E-state index contributed by atoms with van der Waals surface area (Å²) in [6.45, 7) is 7.96. The Bertz CT molecular complexity index is 470. The van der Waals surface area contributed by atoms with Crippen LogP contribution in [-0.4, -0.2) is 36.0 Å². The second-order valence-electron chi connectivity index (χ2n) is 5.39. The highest BCUT2D eigenvalue weighted by Gasteiger charge is 2.23. The first-order chi connectivity index (χ1) is 9.63. The maximum atomic E-state index is 11.1. The van der Waals surface area contributed by atoms with Crippen LogP contribution in [0.2, 0.25) is 0 Å². The number of hydrogen-bond donors (Lipinski definition) is 1. The minimum atomic E-state index is -0.278. The fraction of sp³-hybridized carbons (Fsp3) is 0.600. The topological polar surface area (TPSA) is 58.4 Å². The van der Waals surface area contributed by atoms with E-state index in [9.17, 15) is 10.1 Å². The van der Waals surface area contributed by atoms with Gasteiger partial charge in [-0.05, 0) is 18.9 Å². The maximum Gasteiger partial charge on any atom is 0.272 e. The summed E-state index contributed by atoms with van der Waals surface area (Å²) in [7, 11) is 0. The zero-order valence-corrected chi connectivity index (χ0v) is 12.3. The molecule has 1 aromatic rings. The van der Waals surface area contributed by atoms with Crippen molar-refractivity contribution in [3.63, 3.8) is 0 Å². The SMILES string of the molecule is CCC[C@@H](c1ccc(C)c([N+](=O)[O-])c1)N1CCNCC1. The van der Waals surface area contributed by atoms with Crippen LogP contribution >= 0.6 is 0 Å². The molecule has 1 aliphatic rings. The average Bonchev–Trinajstić information content (AvgIpc) is 2.46. The lowest BCUT2D eigenvalue weighted by Gasteiger charge is -2.35. The molecule has 1 fully saturated rings. The van der Waals surface area contributed by atoms with Crippen molar-refractivity contribution in [1.29, 1.82) is 0 Å². The number of hydrogen-bond acceptors (Lipinski definition) is 4. The normalized spacial score (nSPS) is 17.9. The van der Waals surface area contributed by atoms with Gasteiger partial charge in [0.05, 0.1) is 4.92 Å². The van der Waals surface area contributed by atoms with Crippen LogP contribution in [0.3, 0.4) is 0 Å². The summed E-state index contributed by atoms with van der Waals surface area (Å²) in [5.74, 6) is 0. The molecular formula is C15H23N3O2.